The monoisotopic (exact) mass is 540 g/mol. The quantitative estimate of drug-likeness (QED) is 0.383. The van der Waals surface area contributed by atoms with Crippen LogP contribution in [-0.4, -0.2) is 47.9 Å². The number of carbonyl (C=O) groups excluding carboxylic acids is 3. The van der Waals surface area contributed by atoms with E-state index in [4.69, 9.17) is 21.1 Å². The Morgan fingerprint density at radius 2 is 1.42 bits per heavy atom. The molecule has 0 N–H and O–H groups in total. The van der Waals surface area contributed by atoms with E-state index in [1.165, 1.54) is 0 Å². The second kappa shape index (κ2) is 12.2. The van der Waals surface area contributed by atoms with E-state index in [2.05, 4.69) is 0 Å². The van der Waals surface area contributed by atoms with Crippen LogP contribution in [0, 0.1) is 11.8 Å². The smallest absolute Gasteiger partial charge is 0.410 e. The first-order valence-electron chi connectivity index (χ1n) is 13.4. The van der Waals surface area contributed by atoms with Crippen molar-refractivity contribution in [3.63, 3.8) is 0 Å². The third kappa shape index (κ3) is 7.50. The SMILES string of the molecule is CC(C)(C)OC(=O)N1CCC(C(=O)CN(C(=O)C2CCCC2)c2ccc(Oc3ccc(Cl)cc3)cc2)CC1. The van der Waals surface area contributed by atoms with Gasteiger partial charge in [0.2, 0.25) is 5.91 Å². The lowest BCUT2D eigenvalue weighted by molar-refractivity contribution is -0.127. The van der Waals surface area contributed by atoms with Gasteiger partial charge in [-0.05, 0) is 95.0 Å². The Bertz CT molecular complexity index is 1110. The van der Waals surface area contributed by atoms with E-state index in [0.717, 1.165) is 25.7 Å². The largest absolute Gasteiger partial charge is 0.457 e. The van der Waals surface area contributed by atoms with Crippen molar-refractivity contribution in [2.24, 2.45) is 11.8 Å². The van der Waals surface area contributed by atoms with Crippen LogP contribution in [0.4, 0.5) is 10.5 Å². The van der Waals surface area contributed by atoms with Crippen molar-refractivity contribution in [3.8, 4) is 11.5 Å². The van der Waals surface area contributed by atoms with E-state index in [9.17, 15) is 14.4 Å². The number of Topliss-reactive ketones (excluding diaryl/α,β-unsaturated/α-hetero) is 1. The van der Waals surface area contributed by atoms with Crippen molar-refractivity contribution in [1.29, 1.82) is 0 Å². The molecule has 0 spiro atoms. The van der Waals surface area contributed by atoms with Gasteiger partial charge in [0.25, 0.3) is 0 Å². The molecule has 1 heterocycles. The fraction of sp³-hybridized carbons (Fsp3) is 0.500. The summed E-state index contributed by atoms with van der Waals surface area (Å²) in [4.78, 5) is 42.6. The Morgan fingerprint density at radius 1 is 0.868 bits per heavy atom. The number of anilines is 1. The molecule has 7 nitrogen and oxygen atoms in total. The fourth-order valence-corrected chi connectivity index (χ4v) is 5.14. The summed E-state index contributed by atoms with van der Waals surface area (Å²) >= 11 is 5.95. The van der Waals surface area contributed by atoms with Gasteiger partial charge < -0.3 is 19.3 Å². The molecule has 2 aromatic rings. The second-order valence-corrected chi connectivity index (χ2v) is 11.6. The Balaban J connectivity index is 1.42. The summed E-state index contributed by atoms with van der Waals surface area (Å²) < 4.78 is 11.4. The van der Waals surface area contributed by atoms with E-state index in [0.29, 0.717) is 48.1 Å². The van der Waals surface area contributed by atoms with Crippen molar-refractivity contribution < 1.29 is 23.9 Å². The summed E-state index contributed by atoms with van der Waals surface area (Å²) in [7, 11) is 0. The second-order valence-electron chi connectivity index (χ2n) is 11.2. The molecule has 0 atom stereocenters. The maximum atomic E-state index is 13.5. The molecule has 2 aromatic carbocycles. The average molecular weight is 541 g/mol. The Hall–Kier alpha value is -3.06. The zero-order valence-electron chi connectivity index (χ0n) is 22.5. The molecule has 0 aromatic heterocycles. The van der Waals surface area contributed by atoms with Gasteiger partial charge in [0, 0.05) is 35.6 Å². The van der Waals surface area contributed by atoms with E-state index >= 15 is 0 Å². The molecule has 1 saturated carbocycles. The molecule has 2 amide bonds. The number of ether oxygens (including phenoxy) is 2. The number of benzene rings is 2. The third-order valence-corrected chi connectivity index (χ3v) is 7.34. The maximum Gasteiger partial charge on any atom is 0.410 e. The molecular formula is C30H37ClN2O5. The van der Waals surface area contributed by atoms with Crippen LogP contribution < -0.4 is 9.64 Å². The summed E-state index contributed by atoms with van der Waals surface area (Å²) in [5.41, 5.74) is 0.130. The average Bonchev–Trinajstić information content (AvgIpc) is 3.43. The van der Waals surface area contributed by atoms with Gasteiger partial charge in [-0.1, -0.05) is 24.4 Å². The summed E-state index contributed by atoms with van der Waals surface area (Å²) in [5.74, 6) is 1.08. The standard InChI is InChI=1S/C30H37ClN2O5/c1-30(2,3)38-29(36)32-18-16-21(17-19-32)27(34)20-33(28(35)22-6-4-5-7-22)24-10-14-26(15-11-24)37-25-12-8-23(31)9-13-25/h8-15,21-22H,4-7,16-20H2,1-3H3. The summed E-state index contributed by atoms with van der Waals surface area (Å²) in [6.07, 6.45) is 4.58. The van der Waals surface area contributed by atoms with Crippen molar-refractivity contribution in [1.82, 2.24) is 4.90 Å². The number of ketones is 1. The highest BCUT2D eigenvalue weighted by Gasteiger charge is 2.34. The summed E-state index contributed by atoms with van der Waals surface area (Å²) in [6.45, 7) is 6.50. The van der Waals surface area contributed by atoms with Crippen molar-refractivity contribution in [3.05, 3.63) is 53.6 Å². The summed E-state index contributed by atoms with van der Waals surface area (Å²) in [5, 5.41) is 0.633. The van der Waals surface area contributed by atoms with Crippen molar-refractivity contribution in [2.45, 2.75) is 64.9 Å². The highest BCUT2D eigenvalue weighted by molar-refractivity contribution is 6.30. The molecule has 2 aliphatic rings. The number of rotatable bonds is 7. The predicted octanol–water partition coefficient (Wildman–Crippen LogP) is 6.87. The first-order valence-corrected chi connectivity index (χ1v) is 13.8. The van der Waals surface area contributed by atoms with Gasteiger partial charge in [-0.25, -0.2) is 4.79 Å². The lowest BCUT2D eigenvalue weighted by Crippen LogP contribution is -2.45. The zero-order valence-corrected chi connectivity index (χ0v) is 23.2. The molecule has 8 heteroatoms. The third-order valence-electron chi connectivity index (χ3n) is 7.08. The Morgan fingerprint density at radius 3 is 1.97 bits per heavy atom. The number of hydrogen-bond acceptors (Lipinski definition) is 5. The summed E-state index contributed by atoms with van der Waals surface area (Å²) in [6, 6.07) is 14.4. The number of hydrogen-bond donors (Lipinski definition) is 0. The minimum absolute atomic E-state index is 0.00779. The molecule has 2 fully saturated rings. The van der Waals surface area contributed by atoms with Gasteiger partial charge in [0.05, 0.1) is 6.54 Å². The highest BCUT2D eigenvalue weighted by Crippen LogP contribution is 2.31. The normalized spacial score (nSPS) is 16.8. The molecule has 1 saturated heterocycles. The van der Waals surface area contributed by atoms with Crippen LogP contribution in [0.1, 0.15) is 59.3 Å². The highest BCUT2D eigenvalue weighted by atomic mass is 35.5. The van der Waals surface area contributed by atoms with Gasteiger partial charge in [0.15, 0.2) is 5.78 Å². The van der Waals surface area contributed by atoms with Crippen molar-refractivity contribution >= 4 is 35.1 Å². The predicted molar refractivity (Wildman–Crippen MR) is 148 cm³/mol. The lowest BCUT2D eigenvalue weighted by Gasteiger charge is -2.34. The number of nitrogens with zero attached hydrogens (tertiary/aromatic N) is 2. The van der Waals surface area contributed by atoms with E-state index in [1.54, 1.807) is 34.1 Å². The van der Waals surface area contributed by atoms with Gasteiger partial charge >= 0.3 is 6.09 Å². The lowest BCUT2D eigenvalue weighted by atomic mass is 9.92. The Kier molecular flexibility index (Phi) is 8.98. The molecule has 38 heavy (non-hydrogen) atoms. The van der Waals surface area contributed by atoms with E-state index in [1.807, 2.05) is 45.0 Å². The van der Waals surface area contributed by atoms with Crippen molar-refractivity contribution in [2.75, 3.05) is 24.5 Å². The number of piperidine rings is 1. The molecule has 0 unspecified atom stereocenters. The van der Waals surface area contributed by atoms with Gasteiger partial charge in [0.1, 0.15) is 17.1 Å². The number of carbonyl (C=O) groups is 3. The first-order chi connectivity index (χ1) is 18.1. The van der Waals surface area contributed by atoms with Crippen LogP contribution >= 0.6 is 11.6 Å². The topological polar surface area (TPSA) is 76.2 Å². The van der Waals surface area contributed by atoms with Crippen LogP contribution in [0.25, 0.3) is 0 Å². The molecule has 0 radical (unpaired) electrons. The van der Waals surface area contributed by atoms with Crippen LogP contribution in [0.5, 0.6) is 11.5 Å². The number of halogens is 1. The van der Waals surface area contributed by atoms with Crippen LogP contribution in [0.2, 0.25) is 5.02 Å². The molecular weight excluding hydrogens is 504 g/mol. The van der Waals surface area contributed by atoms with Gasteiger partial charge in [-0.2, -0.15) is 0 Å². The minimum Gasteiger partial charge on any atom is -0.457 e. The molecule has 4 rings (SSSR count). The van der Waals surface area contributed by atoms with E-state index in [-0.39, 0.29) is 36.2 Å². The number of likely N-dealkylation sites (tertiary alicyclic amines) is 1. The molecule has 1 aliphatic heterocycles. The zero-order chi connectivity index (χ0) is 27.3. The first kappa shape index (κ1) is 28.0. The Labute approximate surface area is 230 Å². The maximum absolute atomic E-state index is 13.5. The number of amides is 2. The van der Waals surface area contributed by atoms with E-state index < -0.39 is 5.60 Å². The van der Waals surface area contributed by atoms with Crippen LogP contribution in [0.15, 0.2) is 48.5 Å². The fourth-order valence-electron chi connectivity index (χ4n) is 5.02. The minimum atomic E-state index is -0.555. The van der Waals surface area contributed by atoms with Gasteiger partial charge in [-0.15, -0.1) is 0 Å². The molecule has 0 bridgehead atoms. The molecule has 1 aliphatic carbocycles. The molecule has 204 valence electrons. The van der Waals surface area contributed by atoms with Crippen LogP contribution in [0.3, 0.4) is 0 Å². The van der Waals surface area contributed by atoms with Gasteiger partial charge in [-0.3, -0.25) is 9.59 Å². The van der Waals surface area contributed by atoms with Crippen LogP contribution in [-0.2, 0) is 14.3 Å².